The van der Waals surface area contributed by atoms with Crippen molar-refractivity contribution in [3.8, 4) is 0 Å². The zero-order valence-electron chi connectivity index (χ0n) is 11.9. The third kappa shape index (κ3) is 1.54. The molecule has 0 aromatic carbocycles. The molecule has 2 aliphatic heterocycles. The Balaban J connectivity index is 1.40. The van der Waals surface area contributed by atoms with Gasteiger partial charge in [0, 0.05) is 45.2 Å². The largest absolute Gasteiger partial charge is 0.356 e. The molecule has 3 saturated carbocycles. The number of amides is 3. The molecule has 5 fully saturated rings. The summed E-state index contributed by atoms with van der Waals surface area (Å²) < 4.78 is 0. The number of hydrogen-bond acceptors (Lipinski definition) is 3. The van der Waals surface area contributed by atoms with Gasteiger partial charge < -0.3 is 20.4 Å². The van der Waals surface area contributed by atoms with Crippen LogP contribution in [0.15, 0.2) is 0 Å². The van der Waals surface area contributed by atoms with Gasteiger partial charge in [-0.05, 0) is 24.7 Å². The molecule has 5 aliphatic rings. The third-order valence-corrected chi connectivity index (χ3v) is 5.62. The van der Waals surface area contributed by atoms with E-state index in [2.05, 4.69) is 15.5 Å². The highest BCUT2D eigenvalue weighted by Crippen LogP contribution is 2.70. The zero-order chi connectivity index (χ0) is 14.0. The van der Waals surface area contributed by atoms with Gasteiger partial charge in [-0.3, -0.25) is 4.79 Å². The van der Waals surface area contributed by atoms with Crippen LogP contribution in [0.3, 0.4) is 0 Å². The van der Waals surface area contributed by atoms with E-state index < -0.39 is 0 Å². The number of urea groups is 1. The van der Waals surface area contributed by atoms with Crippen molar-refractivity contribution in [2.45, 2.75) is 37.8 Å². The van der Waals surface area contributed by atoms with Crippen LogP contribution in [-0.2, 0) is 4.79 Å². The number of carbonyl (C=O) groups is 2. The van der Waals surface area contributed by atoms with Gasteiger partial charge in [0.15, 0.2) is 0 Å². The quantitative estimate of drug-likeness (QED) is 0.748. The van der Waals surface area contributed by atoms with Crippen molar-refractivity contribution in [1.29, 1.82) is 0 Å². The van der Waals surface area contributed by atoms with E-state index in [1.807, 2.05) is 4.90 Å². The molecule has 0 radical (unpaired) electrons. The van der Waals surface area contributed by atoms with Crippen molar-refractivity contribution in [2.75, 3.05) is 32.7 Å². The highest BCUT2D eigenvalue weighted by Gasteiger charge is 2.72. The van der Waals surface area contributed by atoms with E-state index in [1.54, 1.807) is 6.92 Å². The number of nitrogens with one attached hydrogen (secondary N) is 2. The smallest absolute Gasteiger partial charge is 0.320 e. The number of piperazine rings is 1. The Morgan fingerprint density at radius 3 is 2.85 bits per heavy atom. The molecule has 5 rings (SSSR count). The standard InChI is InChI=1S/C14H22N4O2/c1-10(19)16-9-13-6-14(7-13,8-13)18-5-11-4-15-2-3-17(11)12(18)20/h11,15H,2-9H2,1H3,(H,16,19)/t11-,13?,14?/m0/s1. The Labute approximate surface area is 118 Å². The van der Waals surface area contributed by atoms with E-state index in [9.17, 15) is 9.59 Å². The Morgan fingerprint density at radius 1 is 1.45 bits per heavy atom. The first kappa shape index (κ1) is 12.4. The lowest BCUT2D eigenvalue weighted by molar-refractivity contribution is -0.197. The highest BCUT2D eigenvalue weighted by molar-refractivity contribution is 5.79. The number of rotatable bonds is 3. The van der Waals surface area contributed by atoms with E-state index in [4.69, 9.17) is 0 Å². The summed E-state index contributed by atoms with van der Waals surface area (Å²) in [6.45, 7) is 5.90. The molecule has 0 spiro atoms. The van der Waals surface area contributed by atoms with Crippen LogP contribution in [0.25, 0.3) is 0 Å². The predicted molar refractivity (Wildman–Crippen MR) is 73.2 cm³/mol. The first-order valence-electron chi connectivity index (χ1n) is 7.57. The lowest BCUT2D eigenvalue weighted by Crippen LogP contribution is -2.77. The molecular formula is C14H22N4O2. The third-order valence-electron chi connectivity index (χ3n) is 5.62. The predicted octanol–water partition coefficient (Wildman–Crippen LogP) is -0.245. The zero-order valence-corrected chi connectivity index (χ0v) is 11.9. The Kier molecular flexibility index (Phi) is 2.41. The van der Waals surface area contributed by atoms with Gasteiger partial charge in [0.25, 0.3) is 0 Å². The summed E-state index contributed by atoms with van der Waals surface area (Å²) in [6.07, 6.45) is 3.21. The molecule has 2 bridgehead atoms. The van der Waals surface area contributed by atoms with E-state index in [0.717, 1.165) is 52.0 Å². The molecular weight excluding hydrogens is 256 g/mol. The molecule has 6 nitrogen and oxygen atoms in total. The summed E-state index contributed by atoms with van der Waals surface area (Å²) >= 11 is 0. The van der Waals surface area contributed by atoms with Crippen molar-refractivity contribution < 1.29 is 9.59 Å². The Hall–Kier alpha value is -1.30. The van der Waals surface area contributed by atoms with Crippen molar-refractivity contribution in [3.63, 3.8) is 0 Å². The average molecular weight is 278 g/mol. The molecule has 2 saturated heterocycles. The fraction of sp³-hybridized carbons (Fsp3) is 0.857. The van der Waals surface area contributed by atoms with Gasteiger partial charge in [-0.15, -0.1) is 0 Å². The molecule has 0 aromatic heterocycles. The van der Waals surface area contributed by atoms with E-state index >= 15 is 0 Å². The number of fused-ring (bicyclic) bond motifs is 1. The first-order chi connectivity index (χ1) is 9.54. The Bertz CT molecular complexity index is 458. The monoisotopic (exact) mass is 278 g/mol. The lowest BCUT2D eigenvalue weighted by atomic mass is 9.38. The maximum atomic E-state index is 12.5. The Morgan fingerprint density at radius 2 is 2.20 bits per heavy atom. The summed E-state index contributed by atoms with van der Waals surface area (Å²) in [7, 11) is 0. The van der Waals surface area contributed by atoms with Crippen LogP contribution in [-0.4, -0.2) is 66.0 Å². The van der Waals surface area contributed by atoms with Gasteiger partial charge in [0.05, 0.1) is 6.04 Å². The van der Waals surface area contributed by atoms with E-state index in [1.165, 1.54) is 0 Å². The van der Waals surface area contributed by atoms with Gasteiger partial charge in [0.2, 0.25) is 5.91 Å². The van der Waals surface area contributed by atoms with E-state index in [0.29, 0.717) is 6.04 Å². The summed E-state index contributed by atoms with van der Waals surface area (Å²) in [4.78, 5) is 27.7. The summed E-state index contributed by atoms with van der Waals surface area (Å²) in [5.74, 6) is 0.0456. The molecule has 0 unspecified atom stereocenters. The average Bonchev–Trinajstić information content (AvgIpc) is 2.64. The van der Waals surface area contributed by atoms with Crippen molar-refractivity contribution in [1.82, 2.24) is 20.4 Å². The summed E-state index contributed by atoms with van der Waals surface area (Å²) in [6, 6.07) is 0.598. The van der Waals surface area contributed by atoms with Crippen LogP contribution in [0.5, 0.6) is 0 Å². The van der Waals surface area contributed by atoms with Crippen molar-refractivity contribution in [2.24, 2.45) is 5.41 Å². The number of carbonyl (C=O) groups excluding carboxylic acids is 2. The summed E-state index contributed by atoms with van der Waals surface area (Å²) in [5, 5.41) is 6.30. The van der Waals surface area contributed by atoms with Crippen LogP contribution in [0.1, 0.15) is 26.2 Å². The molecule has 2 heterocycles. The van der Waals surface area contributed by atoms with Crippen molar-refractivity contribution in [3.05, 3.63) is 0 Å². The second kappa shape index (κ2) is 3.87. The first-order valence-corrected chi connectivity index (χ1v) is 7.57. The van der Waals surface area contributed by atoms with Crippen LogP contribution >= 0.6 is 0 Å². The fourth-order valence-electron chi connectivity index (χ4n) is 4.74. The van der Waals surface area contributed by atoms with E-state index in [-0.39, 0.29) is 22.9 Å². The summed E-state index contributed by atoms with van der Waals surface area (Å²) in [5.41, 5.74) is 0.403. The SMILES string of the molecule is CC(=O)NCC12CC(N3C[C@@H]4CNCCN4C3=O)(C1)C2. The second-order valence-electron chi connectivity index (χ2n) is 7.11. The number of hydrogen-bond donors (Lipinski definition) is 2. The minimum atomic E-state index is 0.0456. The van der Waals surface area contributed by atoms with Crippen LogP contribution < -0.4 is 10.6 Å². The lowest BCUT2D eigenvalue weighted by Gasteiger charge is -2.73. The maximum Gasteiger partial charge on any atom is 0.320 e. The second-order valence-corrected chi connectivity index (χ2v) is 7.11. The topological polar surface area (TPSA) is 64.7 Å². The molecule has 110 valence electrons. The van der Waals surface area contributed by atoms with Crippen LogP contribution in [0.4, 0.5) is 4.79 Å². The molecule has 1 atom stereocenters. The normalized spacial score (nSPS) is 41.9. The van der Waals surface area contributed by atoms with Gasteiger partial charge >= 0.3 is 6.03 Å². The van der Waals surface area contributed by atoms with Crippen LogP contribution in [0, 0.1) is 5.41 Å². The molecule has 6 heteroatoms. The molecule has 20 heavy (non-hydrogen) atoms. The van der Waals surface area contributed by atoms with Crippen molar-refractivity contribution >= 4 is 11.9 Å². The van der Waals surface area contributed by atoms with Gasteiger partial charge in [-0.1, -0.05) is 0 Å². The van der Waals surface area contributed by atoms with Gasteiger partial charge in [0.1, 0.15) is 0 Å². The molecule has 3 amide bonds. The van der Waals surface area contributed by atoms with Gasteiger partial charge in [-0.25, -0.2) is 4.79 Å². The van der Waals surface area contributed by atoms with Crippen LogP contribution in [0.2, 0.25) is 0 Å². The minimum Gasteiger partial charge on any atom is -0.356 e. The molecule has 0 aromatic rings. The molecule has 2 N–H and O–H groups in total. The maximum absolute atomic E-state index is 12.5. The number of nitrogens with zero attached hydrogens (tertiary/aromatic N) is 2. The highest BCUT2D eigenvalue weighted by atomic mass is 16.2. The van der Waals surface area contributed by atoms with Gasteiger partial charge in [-0.2, -0.15) is 0 Å². The minimum absolute atomic E-state index is 0.0456. The molecule has 3 aliphatic carbocycles. The fourth-order valence-corrected chi connectivity index (χ4v) is 4.74.